The van der Waals surface area contributed by atoms with Crippen molar-refractivity contribution >= 4 is 39.8 Å². The lowest BCUT2D eigenvalue weighted by atomic mass is 10.2. The van der Waals surface area contributed by atoms with Gasteiger partial charge in [0.2, 0.25) is 11.2 Å². The molecular formula is C9H9ClN4O2S. The number of hydrogen-bond acceptors (Lipinski definition) is 5. The standard InChI is InChI=1S/C9H9ClN4O2S/c10-9-11-3-5-7(13-9)14-1-2-17(16)4-6(14)8(15)12-5/h3,6H,1-2,4H2,(H,12,15). The van der Waals surface area contributed by atoms with E-state index in [2.05, 4.69) is 15.3 Å². The minimum Gasteiger partial charge on any atom is -0.341 e. The smallest absolute Gasteiger partial charge is 0.248 e. The first kappa shape index (κ1) is 10.9. The fraction of sp³-hybridized carbons (Fsp3) is 0.444. The summed E-state index contributed by atoms with van der Waals surface area (Å²) in [4.78, 5) is 21.7. The zero-order valence-corrected chi connectivity index (χ0v) is 10.3. The Morgan fingerprint density at radius 1 is 1.59 bits per heavy atom. The Hall–Kier alpha value is -1.21. The topological polar surface area (TPSA) is 75.2 Å². The normalized spacial score (nSPS) is 27.1. The van der Waals surface area contributed by atoms with E-state index in [1.807, 2.05) is 4.90 Å². The highest BCUT2D eigenvalue weighted by Gasteiger charge is 2.38. The number of carbonyl (C=O) groups is 1. The molecule has 0 aromatic carbocycles. The monoisotopic (exact) mass is 272 g/mol. The lowest BCUT2D eigenvalue weighted by Gasteiger charge is -2.39. The quantitative estimate of drug-likeness (QED) is 0.674. The first-order chi connectivity index (χ1) is 8.15. The van der Waals surface area contributed by atoms with Crippen molar-refractivity contribution in [2.24, 2.45) is 0 Å². The second kappa shape index (κ2) is 3.92. The Kier molecular flexibility index (Phi) is 2.52. The first-order valence-electron chi connectivity index (χ1n) is 5.10. The molecule has 1 amide bonds. The number of nitrogens with one attached hydrogen (secondary N) is 1. The molecule has 2 unspecified atom stereocenters. The third kappa shape index (κ3) is 1.79. The molecule has 3 rings (SSSR count). The second-order valence-electron chi connectivity index (χ2n) is 3.89. The third-order valence-corrected chi connectivity index (χ3v) is 4.36. The summed E-state index contributed by atoms with van der Waals surface area (Å²) in [5.74, 6) is 1.35. The van der Waals surface area contributed by atoms with Crippen molar-refractivity contribution in [2.45, 2.75) is 6.04 Å². The summed E-state index contributed by atoms with van der Waals surface area (Å²) >= 11 is 5.75. The van der Waals surface area contributed by atoms with Gasteiger partial charge in [0.25, 0.3) is 0 Å². The van der Waals surface area contributed by atoms with Crippen molar-refractivity contribution in [1.29, 1.82) is 0 Å². The maximum atomic E-state index is 11.8. The van der Waals surface area contributed by atoms with E-state index in [1.54, 1.807) is 0 Å². The van der Waals surface area contributed by atoms with Gasteiger partial charge in [-0.05, 0) is 11.6 Å². The summed E-state index contributed by atoms with van der Waals surface area (Å²) < 4.78 is 11.5. The largest absolute Gasteiger partial charge is 0.341 e. The molecule has 2 atom stereocenters. The number of carbonyl (C=O) groups excluding carboxylic acids is 1. The van der Waals surface area contributed by atoms with Crippen LogP contribution in [-0.4, -0.2) is 44.2 Å². The van der Waals surface area contributed by atoms with Crippen molar-refractivity contribution in [2.75, 3.05) is 28.3 Å². The molecule has 1 fully saturated rings. The molecule has 1 aromatic heterocycles. The van der Waals surface area contributed by atoms with Crippen LogP contribution in [-0.2, 0) is 15.6 Å². The highest BCUT2D eigenvalue weighted by molar-refractivity contribution is 7.85. The maximum Gasteiger partial charge on any atom is 0.248 e. The van der Waals surface area contributed by atoms with Gasteiger partial charge in [-0.3, -0.25) is 9.00 Å². The van der Waals surface area contributed by atoms with Crippen LogP contribution < -0.4 is 10.2 Å². The summed E-state index contributed by atoms with van der Waals surface area (Å²) in [6, 6.07) is -0.414. The molecule has 0 spiro atoms. The minimum absolute atomic E-state index is 0.144. The molecule has 1 N–H and O–H groups in total. The number of halogens is 1. The van der Waals surface area contributed by atoms with Crippen molar-refractivity contribution in [1.82, 2.24) is 9.97 Å². The molecule has 3 heterocycles. The van der Waals surface area contributed by atoms with Gasteiger partial charge in [-0.15, -0.1) is 0 Å². The van der Waals surface area contributed by atoms with Gasteiger partial charge < -0.3 is 10.2 Å². The van der Waals surface area contributed by atoms with Crippen LogP contribution in [0.5, 0.6) is 0 Å². The second-order valence-corrected chi connectivity index (χ2v) is 5.84. The predicted octanol–water partition coefficient (Wildman–Crippen LogP) is 0.0194. The number of nitrogens with zero attached hydrogens (tertiary/aromatic N) is 3. The lowest BCUT2D eigenvalue weighted by molar-refractivity contribution is -0.117. The van der Waals surface area contributed by atoms with E-state index in [0.717, 1.165) is 0 Å². The van der Waals surface area contributed by atoms with Crippen LogP contribution in [0, 0.1) is 0 Å². The molecule has 1 aromatic rings. The van der Waals surface area contributed by atoms with E-state index in [9.17, 15) is 9.00 Å². The van der Waals surface area contributed by atoms with Crippen LogP contribution in [0.3, 0.4) is 0 Å². The van der Waals surface area contributed by atoms with Gasteiger partial charge in [0.1, 0.15) is 11.7 Å². The number of amides is 1. The number of rotatable bonds is 0. The molecule has 8 heteroatoms. The molecule has 0 radical (unpaired) electrons. The number of hydrogen-bond donors (Lipinski definition) is 1. The van der Waals surface area contributed by atoms with E-state index < -0.39 is 16.8 Å². The molecule has 17 heavy (non-hydrogen) atoms. The molecular weight excluding hydrogens is 264 g/mol. The molecule has 0 bridgehead atoms. The number of fused-ring (bicyclic) bond motifs is 3. The van der Waals surface area contributed by atoms with E-state index in [4.69, 9.17) is 11.6 Å². The van der Waals surface area contributed by atoms with Crippen molar-refractivity contribution in [3.05, 3.63) is 11.5 Å². The summed E-state index contributed by atoms with van der Waals surface area (Å²) in [5.41, 5.74) is 0.559. The van der Waals surface area contributed by atoms with Gasteiger partial charge in [-0.2, -0.15) is 4.98 Å². The van der Waals surface area contributed by atoms with Crippen molar-refractivity contribution in [3.8, 4) is 0 Å². The van der Waals surface area contributed by atoms with Gasteiger partial charge in [0, 0.05) is 23.1 Å². The Labute approximate surface area is 105 Å². The molecule has 0 saturated carbocycles. The highest BCUT2D eigenvalue weighted by atomic mass is 35.5. The molecule has 0 aliphatic carbocycles. The number of aromatic nitrogens is 2. The van der Waals surface area contributed by atoms with Gasteiger partial charge in [0.15, 0.2) is 5.82 Å². The third-order valence-electron chi connectivity index (χ3n) is 2.85. The zero-order valence-electron chi connectivity index (χ0n) is 8.72. The summed E-state index contributed by atoms with van der Waals surface area (Å²) in [6.45, 7) is 0.547. The Bertz CT molecular complexity index is 524. The SMILES string of the molecule is O=C1Nc2cnc(Cl)nc2N2CCS(=O)CC12. The van der Waals surface area contributed by atoms with Crippen LogP contribution in [0.25, 0.3) is 0 Å². The maximum absolute atomic E-state index is 11.8. The van der Waals surface area contributed by atoms with Crippen LogP contribution in [0.15, 0.2) is 6.20 Å². The van der Waals surface area contributed by atoms with Crippen molar-refractivity contribution in [3.63, 3.8) is 0 Å². The molecule has 6 nitrogen and oxygen atoms in total. The molecule has 90 valence electrons. The van der Waals surface area contributed by atoms with E-state index >= 15 is 0 Å². The fourth-order valence-corrected chi connectivity index (χ4v) is 3.43. The van der Waals surface area contributed by atoms with Gasteiger partial charge in [0.05, 0.1) is 11.9 Å². The summed E-state index contributed by atoms with van der Waals surface area (Å²) in [5, 5.41) is 2.85. The van der Waals surface area contributed by atoms with E-state index in [-0.39, 0.29) is 11.2 Å². The summed E-state index contributed by atoms with van der Waals surface area (Å²) in [6.07, 6.45) is 1.49. The Morgan fingerprint density at radius 3 is 3.24 bits per heavy atom. The zero-order chi connectivity index (χ0) is 12.0. The van der Waals surface area contributed by atoms with Crippen LogP contribution in [0.1, 0.15) is 0 Å². The van der Waals surface area contributed by atoms with Gasteiger partial charge >= 0.3 is 0 Å². The van der Waals surface area contributed by atoms with E-state index in [0.29, 0.717) is 29.6 Å². The van der Waals surface area contributed by atoms with Crippen molar-refractivity contribution < 1.29 is 9.00 Å². The van der Waals surface area contributed by atoms with Gasteiger partial charge in [-0.1, -0.05) is 0 Å². The average Bonchev–Trinajstić information content (AvgIpc) is 2.30. The molecule has 1 saturated heterocycles. The molecule has 2 aliphatic rings. The predicted molar refractivity (Wildman–Crippen MR) is 64.7 cm³/mol. The fourth-order valence-electron chi connectivity index (χ4n) is 2.05. The van der Waals surface area contributed by atoms with Gasteiger partial charge in [-0.25, -0.2) is 4.98 Å². The number of anilines is 2. The highest BCUT2D eigenvalue weighted by Crippen LogP contribution is 2.31. The van der Waals surface area contributed by atoms with Crippen LogP contribution >= 0.6 is 11.6 Å². The Morgan fingerprint density at radius 2 is 2.41 bits per heavy atom. The summed E-state index contributed by atoms with van der Waals surface area (Å²) in [7, 11) is -0.940. The van der Waals surface area contributed by atoms with E-state index in [1.165, 1.54) is 6.20 Å². The first-order valence-corrected chi connectivity index (χ1v) is 6.97. The Balaban J connectivity index is 2.06. The molecule has 2 aliphatic heterocycles. The average molecular weight is 273 g/mol. The minimum atomic E-state index is -0.940. The van der Waals surface area contributed by atoms with Crippen LogP contribution in [0.2, 0.25) is 5.28 Å². The van der Waals surface area contributed by atoms with Crippen LogP contribution in [0.4, 0.5) is 11.5 Å². The lowest BCUT2D eigenvalue weighted by Crippen LogP contribution is -2.56.